The van der Waals surface area contributed by atoms with Gasteiger partial charge >= 0.3 is 0 Å². The first-order chi connectivity index (χ1) is 14.4. The minimum Gasteiger partial charge on any atom is -0.334 e. The number of nitrogens with zero attached hydrogens (tertiary/aromatic N) is 4. The van der Waals surface area contributed by atoms with Gasteiger partial charge in [-0.1, -0.05) is 0 Å². The van der Waals surface area contributed by atoms with Gasteiger partial charge in [0, 0.05) is 24.5 Å². The zero-order chi connectivity index (χ0) is 21.5. The first kappa shape index (κ1) is 20.4. The molecule has 30 heavy (non-hydrogen) atoms. The summed E-state index contributed by atoms with van der Waals surface area (Å²) in [5, 5.41) is 9.87. The second kappa shape index (κ2) is 7.78. The predicted octanol–water partition coefficient (Wildman–Crippen LogP) is 3.64. The number of nitrogens with one attached hydrogen (secondary N) is 1. The summed E-state index contributed by atoms with van der Waals surface area (Å²) in [4.78, 5) is 8.80. The van der Waals surface area contributed by atoms with Crippen LogP contribution in [-0.4, -0.2) is 35.7 Å². The minimum absolute atomic E-state index is 0.0506. The van der Waals surface area contributed by atoms with Crippen LogP contribution < -0.4 is 4.72 Å². The fourth-order valence-electron chi connectivity index (χ4n) is 3.71. The van der Waals surface area contributed by atoms with E-state index in [1.165, 1.54) is 19.2 Å². The smallest absolute Gasteiger partial charge is 0.242 e. The number of rotatable bonds is 6. The molecule has 1 saturated carbocycles. The van der Waals surface area contributed by atoms with E-state index in [4.69, 9.17) is 0 Å². The topological polar surface area (TPSA) is 101 Å². The third kappa shape index (κ3) is 3.46. The molecule has 1 fully saturated rings. The highest BCUT2D eigenvalue weighted by molar-refractivity contribution is 7.89. The summed E-state index contributed by atoms with van der Waals surface area (Å²) >= 11 is 0. The van der Waals surface area contributed by atoms with Gasteiger partial charge in [-0.2, -0.15) is 5.26 Å². The highest BCUT2D eigenvalue weighted by Gasteiger charge is 2.29. The Bertz CT molecular complexity index is 1240. The third-order valence-electron chi connectivity index (χ3n) is 5.41. The molecule has 0 saturated heterocycles. The fourth-order valence-corrected chi connectivity index (χ4v) is 4.88. The highest BCUT2D eigenvalue weighted by atomic mass is 32.2. The molecule has 7 nitrogen and oxygen atoms in total. The molecule has 0 bridgehead atoms. The van der Waals surface area contributed by atoms with E-state index in [1.54, 1.807) is 12.3 Å². The molecule has 1 N–H and O–H groups in total. The maximum Gasteiger partial charge on any atom is 0.242 e. The van der Waals surface area contributed by atoms with Crippen LogP contribution in [-0.2, 0) is 10.0 Å². The molecule has 0 aliphatic heterocycles. The lowest BCUT2D eigenvalue weighted by molar-refractivity contribution is 0.324. The lowest BCUT2D eigenvalue weighted by Gasteiger charge is -2.30. The van der Waals surface area contributed by atoms with Gasteiger partial charge in [0.1, 0.15) is 28.7 Å². The lowest BCUT2D eigenvalue weighted by Crippen LogP contribution is -2.34. The molecule has 9 heteroatoms. The summed E-state index contributed by atoms with van der Waals surface area (Å²) in [7, 11) is -3.87. The van der Waals surface area contributed by atoms with Gasteiger partial charge in [-0.15, -0.1) is 0 Å². The number of fused-ring (bicyclic) bond motifs is 1. The number of hydrogen-bond donors (Lipinski definition) is 1. The molecule has 3 aromatic rings. The maximum absolute atomic E-state index is 12.7. The Kier molecular flexibility index (Phi) is 5.30. The van der Waals surface area contributed by atoms with Crippen LogP contribution in [0.2, 0.25) is 0 Å². The van der Waals surface area contributed by atoms with Crippen molar-refractivity contribution in [2.75, 3.05) is 6.67 Å². The van der Waals surface area contributed by atoms with Crippen molar-refractivity contribution in [2.24, 2.45) is 0 Å². The molecule has 3 heterocycles. The Morgan fingerprint density at radius 1 is 1.33 bits per heavy atom. The van der Waals surface area contributed by atoms with Gasteiger partial charge in [-0.3, -0.25) is 9.97 Å². The van der Waals surface area contributed by atoms with Crippen molar-refractivity contribution in [1.29, 1.82) is 5.26 Å². The van der Waals surface area contributed by atoms with E-state index in [2.05, 4.69) is 25.3 Å². The average molecular weight is 428 g/mol. The summed E-state index contributed by atoms with van der Waals surface area (Å²) in [5.41, 5.74) is 4.12. The zero-order valence-electron chi connectivity index (χ0n) is 16.8. The van der Waals surface area contributed by atoms with Crippen molar-refractivity contribution >= 4 is 21.1 Å². The summed E-state index contributed by atoms with van der Waals surface area (Å²) in [6.07, 6.45) is 6.11. The first-order valence-corrected chi connectivity index (χ1v) is 11.3. The number of aromatic nitrogens is 3. The average Bonchev–Trinajstić information content (AvgIpc) is 2.99. The van der Waals surface area contributed by atoms with Gasteiger partial charge < -0.3 is 4.57 Å². The number of halogens is 1. The summed E-state index contributed by atoms with van der Waals surface area (Å²) < 4.78 is 41.9. The van der Waals surface area contributed by atoms with Crippen LogP contribution in [0.3, 0.4) is 0 Å². The van der Waals surface area contributed by atoms with Crippen molar-refractivity contribution in [1.82, 2.24) is 19.3 Å². The monoisotopic (exact) mass is 427 g/mol. The van der Waals surface area contributed by atoms with Crippen molar-refractivity contribution in [3.63, 3.8) is 0 Å². The van der Waals surface area contributed by atoms with Gasteiger partial charge in [0.05, 0.1) is 16.9 Å². The van der Waals surface area contributed by atoms with Crippen LogP contribution in [0.1, 0.15) is 43.4 Å². The summed E-state index contributed by atoms with van der Waals surface area (Å²) in [6, 6.07) is 6.73. The maximum atomic E-state index is 12.7. The van der Waals surface area contributed by atoms with Gasteiger partial charge in [-0.05, 0) is 56.9 Å². The fraction of sp³-hybridized carbons (Fsp3) is 0.381. The molecule has 3 aromatic heterocycles. The minimum atomic E-state index is -3.87. The van der Waals surface area contributed by atoms with E-state index < -0.39 is 22.7 Å². The first-order valence-electron chi connectivity index (χ1n) is 9.81. The van der Waals surface area contributed by atoms with E-state index in [9.17, 15) is 18.1 Å². The predicted molar refractivity (Wildman–Crippen MR) is 111 cm³/mol. The van der Waals surface area contributed by atoms with Gasteiger partial charge in [0.2, 0.25) is 10.0 Å². The number of hydrogen-bond acceptors (Lipinski definition) is 5. The largest absolute Gasteiger partial charge is 0.334 e. The molecular formula is C21H22FN5O2S. The number of alkyl halides is 1. The van der Waals surface area contributed by atoms with E-state index in [1.807, 2.05) is 13.0 Å². The van der Waals surface area contributed by atoms with Crippen LogP contribution in [0.5, 0.6) is 0 Å². The number of sulfonamides is 1. The Morgan fingerprint density at radius 3 is 2.67 bits per heavy atom. The van der Waals surface area contributed by atoms with Crippen LogP contribution in [0, 0.1) is 18.3 Å². The number of aryl methyl sites for hydroxylation is 1. The normalized spacial score (nSPS) is 15.7. The zero-order valence-corrected chi connectivity index (χ0v) is 17.6. The van der Waals surface area contributed by atoms with E-state index >= 15 is 0 Å². The van der Waals surface area contributed by atoms with Gasteiger partial charge in [-0.25, -0.2) is 17.5 Å². The molecule has 0 spiro atoms. The second-order valence-electron chi connectivity index (χ2n) is 7.73. The molecule has 0 radical (unpaired) electrons. The molecule has 0 unspecified atom stereocenters. The van der Waals surface area contributed by atoms with E-state index in [-0.39, 0.29) is 10.9 Å². The van der Waals surface area contributed by atoms with Gasteiger partial charge in [0.25, 0.3) is 0 Å². The van der Waals surface area contributed by atoms with Crippen molar-refractivity contribution < 1.29 is 12.8 Å². The summed E-state index contributed by atoms with van der Waals surface area (Å²) in [5.74, 6) is 0. The van der Waals surface area contributed by atoms with E-state index in [0.717, 1.165) is 30.3 Å². The van der Waals surface area contributed by atoms with Crippen LogP contribution >= 0.6 is 0 Å². The Labute approximate surface area is 174 Å². The van der Waals surface area contributed by atoms with Crippen molar-refractivity contribution in [3.05, 3.63) is 41.7 Å². The van der Waals surface area contributed by atoms with Crippen LogP contribution in [0.25, 0.3) is 22.4 Å². The third-order valence-corrected chi connectivity index (χ3v) is 6.98. The molecule has 0 amide bonds. The Morgan fingerprint density at radius 2 is 2.10 bits per heavy atom. The SMILES string of the molecule is Cc1cnc2c(C#N)c(-c3ccc(S(=O)(=O)N[C@@H](C)CF)cn3)n(C3CCC3)c2c1. The molecule has 1 aliphatic carbocycles. The van der Waals surface area contributed by atoms with Crippen molar-refractivity contribution in [3.8, 4) is 17.5 Å². The van der Waals surface area contributed by atoms with Crippen LogP contribution in [0.15, 0.2) is 35.5 Å². The molecular weight excluding hydrogens is 405 g/mol. The summed E-state index contributed by atoms with van der Waals surface area (Å²) in [6.45, 7) is 2.61. The van der Waals surface area contributed by atoms with Gasteiger partial charge in [0.15, 0.2) is 0 Å². The van der Waals surface area contributed by atoms with Crippen molar-refractivity contribution in [2.45, 2.75) is 50.1 Å². The molecule has 0 aromatic carbocycles. The molecule has 4 rings (SSSR count). The highest BCUT2D eigenvalue weighted by Crippen LogP contribution is 2.41. The number of nitriles is 1. The molecule has 1 atom stereocenters. The Balaban J connectivity index is 1.85. The quantitative estimate of drug-likeness (QED) is 0.647. The Hall–Kier alpha value is -2.83. The second-order valence-corrected chi connectivity index (χ2v) is 9.44. The van der Waals surface area contributed by atoms with Crippen LogP contribution in [0.4, 0.5) is 4.39 Å². The lowest BCUT2D eigenvalue weighted by atomic mass is 9.92. The molecule has 1 aliphatic rings. The van der Waals surface area contributed by atoms with E-state index in [0.29, 0.717) is 22.5 Å². The molecule has 156 valence electrons. The standard InChI is InChI=1S/C21H22FN5O2S/c1-13-8-19-20(25-11-13)17(10-23)21(27(19)15-4-3-5-15)18-7-6-16(12-24-18)30(28,29)26-14(2)9-22/h6-8,11-12,14-15,26H,3-5,9H2,1-2H3/t14-/m0/s1. The number of pyridine rings is 2.